The summed E-state index contributed by atoms with van der Waals surface area (Å²) in [7, 11) is 1.67. The van der Waals surface area contributed by atoms with Crippen molar-refractivity contribution >= 4 is 11.6 Å². The Hall–Kier alpha value is -1.90. The van der Waals surface area contributed by atoms with E-state index in [2.05, 4.69) is 17.1 Å². The zero-order valence-electron chi connectivity index (χ0n) is 12.1. The molecule has 5 heteroatoms. The summed E-state index contributed by atoms with van der Waals surface area (Å²) in [6, 6.07) is 8.96. The van der Waals surface area contributed by atoms with Crippen molar-refractivity contribution in [2.45, 2.75) is 13.3 Å². The van der Waals surface area contributed by atoms with Crippen molar-refractivity contribution in [1.82, 2.24) is 4.90 Å². The summed E-state index contributed by atoms with van der Waals surface area (Å²) in [5, 5.41) is 11.6. The van der Waals surface area contributed by atoms with Crippen LogP contribution in [0.2, 0.25) is 0 Å². The van der Waals surface area contributed by atoms with Crippen LogP contribution in [0.5, 0.6) is 0 Å². The fraction of sp³-hybridized carbons (Fsp3) is 0.467. The zero-order valence-corrected chi connectivity index (χ0v) is 12.1. The van der Waals surface area contributed by atoms with Crippen LogP contribution >= 0.6 is 0 Å². The number of carbonyl (C=O) groups is 1. The van der Waals surface area contributed by atoms with Gasteiger partial charge in [-0.15, -0.1) is 0 Å². The van der Waals surface area contributed by atoms with Gasteiger partial charge in [0.15, 0.2) is 0 Å². The molecule has 0 bridgehead atoms. The van der Waals surface area contributed by atoms with Crippen molar-refractivity contribution in [3.63, 3.8) is 0 Å². The lowest BCUT2D eigenvalue weighted by molar-refractivity contribution is -0.116. The van der Waals surface area contributed by atoms with E-state index in [0.29, 0.717) is 30.8 Å². The summed E-state index contributed by atoms with van der Waals surface area (Å²) in [6.07, 6.45) is 0.425. The molecule has 0 aliphatic rings. The van der Waals surface area contributed by atoms with Crippen LogP contribution in [0.3, 0.4) is 0 Å². The number of carbonyl (C=O) groups excluding carboxylic acids is 1. The Kier molecular flexibility index (Phi) is 7.33. The SMILES string of the molecule is CCN(CCOC)CCC(=O)Nc1cccc(C#N)c1. The molecule has 0 atom stereocenters. The van der Waals surface area contributed by atoms with Gasteiger partial charge in [0.05, 0.1) is 18.2 Å². The summed E-state index contributed by atoms with van der Waals surface area (Å²) >= 11 is 0. The monoisotopic (exact) mass is 275 g/mol. The van der Waals surface area contributed by atoms with Gasteiger partial charge in [0.25, 0.3) is 0 Å². The fourth-order valence-corrected chi connectivity index (χ4v) is 1.80. The third-order valence-corrected chi connectivity index (χ3v) is 2.99. The first-order chi connectivity index (χ1) is 9.69. The molecule has 0 saturated heterocycles. The standard InChI is InChI=1S/C15H21N3O2/c1-3-18(9-10-20-2)8-7-15(19)17-14-6-4-5-13(11-14)12-16/h4-6,11H,3,7-10H2,1-2H3,(H,17,19). The van der Waals surface area contributed by atoms with Gasteiger partial charge in [-0.25, -0.2) is 0 Å². The number of hydrogen-bond donors (Lipinski definition) is 1. The lowest BCUT2D eigenvalue weighted by Gasteiger charge is -2.19. The van der Waals surface area contributed by atoms with E-state index in [1.165, 1.54) is 0 Å². The molecule has 1 N–H and O–H groups in total. The van der Waals surface area contributed by atoms with Crippen molar-refractivity contribution in [2.24, 2.45) is 0 Å². The molecule has 108 valence electrons. The Morgan fingerprint density at radius 3 is 2.90 bits per heavy atom. The molecule has 1 rings (SSSR count). The highest BCUT2D eigenvalue weighted by Crippen LogP contribution is 2.10. The van der Waals surface area contributed by atoms with Crippen LogP contribution in [0, 0.1) is 11.3 Å². The third kappa shape index (κ3) is 5.83. The summed E-state index contributed by atoms with van der Waals surface area (Å²) in [4.78, 5) is 14.0. The third-order valence-electron chi connectivity index (χ3n) is 2.99. The van der Waals surface area contributed by atoms with Crippen LogP contribution in [0.15, 0.2) is 24.3 Å². The molecular formula is C15H21N3O2. The number of likely N-dealkylation sites (N-methyl/N-ethyl adjacent to an activating group) is 1. The highest BCUT2D eigenvalue weighted by Gasteiger charge is 2.07. The molecule has 0 aliphatic heterocycles. The van der Waals surface area contributed by atoms with Gasteiger partial charge in [0.1, 0.15) is 0 Å². The maximum absolute atomic E-state index is 11.9. The highest BCUT2D eigenvalue weighted by molar-refractivity contribution is 5.90. The highest BCUT2D eigenvalue weighted by atomic mass is 16.5. The topological polar surface area (TPSA) is 65.4 Å². The number of hydrogen-bond acceptors (Lipinski definition) is 4. The van der Waals surface area contributed by atoms with Gasteiger partial charge in [-0.2, -0.15) is 5.26 Å². The molecule has 0 spiro atoms. The van der Waals surface area contributed by atoms with Gasteiger partial charge in [-0.05, 0) is 24.7 Å². The van der Waals surface area contributed by atoms with Crippen LogP contribution in [-0.4, -0.2) is 44.2 Å². The number of rotatable bonds is 8. The first kappa shape index (κ1) is 16.2. The van der Waals surface area contributed by atoms with E-state index in [9.17, 15) is 4.79 Å². The van der Waals surface area contributed by atoms with Crippen LogP contribution in [-0.2, 0) is 9.53 Å². The summed E-state index contributed by atoms with van der Waals surface area (Å²) in [6.45, 7) is 5.14. The molecule has 1 amide bonds. The predicted molar refractivity (Wildman–Crippen MR) is 78.4 cm³/mol. The van der Waals surface area contributed by atoms with Crippen LogP contribution in [0.4, 0.5) is 5.69 Å². The van der Waals surface area contributed by atoms with Crippen molar-refractivity contribution in [1.29, 1.82) is 5.26 Å². The summed E-state index contributed by atoms with van der Waals surface area (Å²) in [5.74, 6) is -0.0454. The second kappa shape index (κ2) is 9.08. The molecule has 0 aliphatic carbocycles. The van der Waals surface area contributed by atoms with Gasteiger partial charge in [0, 0.05) is 32.3 Å². The van der Waals surface area contributed by atoms with E-state index in [1.54, 1.807) is 31.4 Å². The van der Waals surface area contributed by atoms with Gasteiger partial charge in [-0.3, -0.25) is 4.79 Å². The smallest absolute Gasteiger partial charge is 0.225 e. The molecule has 0 unspecified atom stereocenters. The van der Waals surface area contributed by atoms with E-state index in [4.69, 9.17) is 10.00 Å². The molecule has 0 radical (unpaired) electrons. The van der Waals surface area contributed by atoms with Gasteiger partial charge < -0.3 is 15.0 Å². The predicted octanol–water partition coefficient (Wildman–Crippen LogP) is 1.86. The number of anilines is 1. The van der Waals surface area contributed by atoms with Crippen molar-refractivity contribution in [3.8, 4) is 6.07 Å². The van der Waals surface area contributed by atoms with Gasteiger partial charge in [-0.1, -0.05) is 13.0 Å². The molecule has 20 heavy (non-hydrogen) atoms. The summed E-state index contributed by atoms with van der Waals surface area (Å²) in [5.41, 5.74) is 1.20. The lowest BCUT2D eigenvalue weighted by atomic mass is 10.2. The van der Waals surface area contributed by atoms with Gasteiger partial charge in [0.2, 0.25) is 5.91 Å². The molecule has 0 fully saturated rings. The maximum atomic E-state index is 11.9. The maximum Gasteiger partial charge on any atom is 0.225 e. The van der Waals surface area contributed by atoms with E-state index < -0.39 is 0 Å². The molecular weight excluding hydrogens is 254 g/mol. The molecule has 1 aromatic carbocycles. The molecule has 1 aromatic rings. The van der Waals surface area contributed by atoms with Crippen LogP contribution < -0.4 is 5.32 Å². The normalized spacial score (nSPS) is 10.3. The average Bonchev–Trinajstić information content (AvgIpc) is 2.47. The number of nitrogens with zero attached hydrogens (tertiary/aromatic N) is 2. The summed E-state index contributed by atoms with van der Waals surface area (Å²) < 4.78 is 5.03. The number of amides is 1. The van der Waals surface area contributed by atoms with Crippen molar-refractivity contribution < 1.29 is 9.53 Å². The Morgan fingerprint density at radius 2 is 2.25 bits per heavy atom. The first-order valence-corrected chi connectivity index (χ1v) is 6.71. The largest absolute Gasteiger partial charge is 0.383 e. The zero-order chi connectivity index (χ0) is 14.8. The van der Waals surface area contributed by atoms with E-state index in [0.717, 1.165) is 13.1 Å². The fourth-order valence-electron chi connectivity index (χ4n) is 1.80. The quantitative estimate of drug-likeness (QED) is 0.786. The molecule has 5 nitrogen and oxygen atoms in total. The van der Waals surface area contributed by atoms with Crippen molar-refractivity contribution in [3.05, 3.63) is 29.8 Å². The minimum Gasteiger partial charge on any atom is -0.383 e. The van der Waals surface area contributed by atoms with E-state index >= 15 is 0 Å². The van der Waals surface area contributed by atoms with Gasteiger partial charge >= 0.3 is 0 Å². The van der Waals surface area contributed by atoms with Crippen molar-refractivity contribution in [2.75, 3.05) is 38.7 Å². The number of benzene rings is 1. The average molecular weight is 275 g/mol. The van der Waals surface area contributed by atoms with Crippen LogP contribution in [0.1, 0.15) is 18.9 Å². The number of ether oxygens (including phenoxy) is 1. The minimum atomic E-state index is -0.0454. The number of nitrogens with one attached hydrogen (secondary N) is 1. The second-order valence-electron chi connectivity index (χ2n) is 4.42. The number of methoxy groups -OCH3 is 1. The second-order valence-corrected chi connectivity index (χ2v) is 4.42. The van der Waals surface area contributed by atoms with E-state index in [1.807, 2.05) is 6.07 Å². The minimum absolute atomic E-state index is 0.0454. The number of nitriles is 1. The first-order valence-electron chi connectivity index (χ1n) is 6.71. The van der Waals surface area contributed by atoms with Crippen LogP contribution in [0.25, 0.3) is 0 Å². The molecule has 0 aromatic heterocycles. The van der Waals surface area contributed by atoms with E-state index in [-0.39, 0.29) is 5.91 Å². The Balaban J connectivity index is 2.41. The Morgan fingerprint density at radius 1 is 1.45 bits per heavy atom. The Bertz CT molecular complexity index is 468. The molecule has 0 heterocycles. The Labute approximate surface area is 120 Å². The lowest BCUT2D eigenvalue weighted by Crippen LogP contribution is -2.30. The molecule has 0 saturated carbocycles.